The lowest BCUT2D eigenvalue weighted by Crippen LogP contribution is -2.31. The Kier molecular flexibility index (Phi) is 3.35. The number of nitrogens with one attached hydrogen (secondary N) is 1. The molecule has 3 N–H and O–H groups in total. The quantitative estimate of drug-likeness (QED) is 0.590. The molecule has 7 nitrogen and oxygen atoms in total. The van der Waals surface area contributed by atoms with Gasteiger partial charge >= 0.3 is 0 Å². The fourth-order valence-electron chi connectivity index (χ4n) is 2.03. The van der Waals surface area contributed by atoms with Gasteiger partial charge in [0.25, 0.3) is 0 Å². The topological polar surface area (TPSA) is 82.9 Å². The van der Waals surface area contributed by atoms with Gasteiger partial charge in [0.15, 0.2) is 5.75 Å². The molecule has 1 atom stereocenters. The molecule has 2 rings (SSSR count). The van der Waals surface area contributed by atoms with Crippen LogP contribution in [0.5, 0.6) is 5.75 Å². The van der Waals surface area contributed by atoms with Gasteiger partial charge in [-0.05, 0) is 6.92 Å². The number of ether oxygens (including phenoxy) is 1. The van der Waals surface area contributed by atoms with E-state index in [0.29, 0.717) is 5.75 Å². The van der Waals surface area contributed by atoms with Crippen LogP contribution >= 0.6 is 0 Å². The third kappa shape index (κ3) is 1.87. The largest absolute Gasteiger partial charge is 0.493 e. The number of aromatic nitrogens is 4. The predicted octanol–water partition coefficient (Wildman–Crippen LogP) is 0.0233. The van der Waals surface area contributed by atoms with Crippen LogP contribution in [0.1, 0.15) is 23.0 Å². The molecule has 0 radical (unpaired) electrons. The second-order valence-electron chi connectivity index (χ2n) is 4.13. The van der Waals surface area contributed by atoms with Crippen molar-refractivity contribution in [2.24, 2.45) is 19.9 Å². The SMILES string of the molecule is COc1cnn(C)c1C(NN)c1cnn(C)c1C. The van der Waals surface area contributed by atoms with Gasteiger partial charge in [-0.15, -0.1) is 0 Å². The van der Waals surface area contributed by atoms with Crippen molar-refractivity contribution in [2.45, 2.75) is 13.0 Å². The number of hydrogen-bond donors (Lipinski definition) is 2. The summed E-state index contributed by atoms with van der Waals surface area (Å²) in [5.74, 6) is 6.38. The number of hydrogen-bond acceptors (Lipinski definition) is 5. The molecule has 2 heterocycles. The highest BCUT2D eigenvalue weighted by Gasteiger charge is 2.24. The van der Waals surface area contributed by atoms with Crippen LogP contribution in [-0.2, 0) is 14.1 Å². The van der Waals surface area contributed by atoms with Crippen LogP contribution < -0.4 is 16.0 Å². The zero-order valence-corrected chi connectivity index (χ0v) is 11.0. The van der Waals surface area contributed by atoms with E-state index in [4.69, 9.17) is 10.6 Å². The first-order valence-electron chi connectivity index (χ1n) is 5.60. The Hall–Kier alpha value is -1.86. The maximum Gasteiger partial charge on any atom is 0.161 e. The molecule has 0 aromatic carbocycles. The first-order chi connectivity index (χ1) is 8.60. The molecule has 0 saturated heterocycles. The van der Waals surface area contributed by atoms with Gasteiger partial charge in [0.2, 0.25) is 0 Å². The molecule has 1 unspecified atom stereocenters. The molecule has 2 aromatic rings. The number of nitrogens with two attached hydrogens (primary N) is 1. The molecule has 0 amide bonds. The molecule has 7 heteroatoms. The summed E-state index contributed by atoms with van der Waals surface area (Å²) in [5, 5.41) is 8.42. The fraction of sp³-hybridized carbons (Fsp3) is 0.455. The van der Waals surface area contributed by atoms with E-state index in [-0.39, 0.29) is 6.04 Å². The van der Waals surface area contributed by atoms with Gasteiger partial charge in [-0.2, -0.15) is 10.2 Å². The molecule has 0 aliphatic carbocycles. The first kappa shape index (κ1) is 12.6. The van der Waals surface area contributed by atoms with Gasteiger partial charge in [0.1, 0.15) is 5.69 Å². The molecule has 98 valence electrons. The fourth-order valence-corrected chi connectivity index (χ4v) is 2.03. The lowest BCUT2D eigenvalue weighted by Gasteiger charge is -2.17. The highest BCUT2D eigenvalue weighted by Crippen LogP contribution is 2.30. The van der Waals surface area contributed by atoms with Crippen molar-refractivity contribution in [3.05, 3.63) is 29.3 Å². The minimum atomic E-state index is -0.207. The van der Waals surface area contributed by atoms with Gasteiger partial charge < -0.3 is 4.74 Å². The Morgan fingerprint density at radius 2 is 1.94 bits per heavy atom. The standard InChI is InChI=1S/C11H18N6O/c1-7-8(5-13-16(7)2)10(15-12)11-9(18-4)6-14-17(11)3/h5-6,10,15H,12H2,1-4H3. The summed E-state index contributed by atoms with van der Waals surface area (Å²) >= 11 is 0. The van der Waals surface area contributed by atoms with Gasteiger partial charge in [-0.3, -0.25) is 15.2 Å². The van der Waals surface area contributed by atoms with Crippen LogP contribution in [0.2, 0.25) is 0 Å². The lowest BCUT2D eigenvalue weighted by atomic mass is 10.1. The molecule has 0 spiro atoms. The Bertz CT molecular complexity index is 544. The van der Waals surface area contributed by atoms with Gasteiger partial charge in [-0.1, -0.05) is 0 Å². The molecular weight excluding hydrogens is 232 g/mol. The lowest BCUT2D eigenvalue weighted by molar-refractivity contribution is 0.401. The minimum absolute atomic E-state index is 0.207. The molecular formula is C11H18N6O. The Morgan fingerprint density at radius 3 is 2.44 bits per heavy atom. The summed E-state index contributed by atoms with van der Waals surface area (Å²) in [6.07, 6.45) is 3.47. The number of methoxy groups -OCH3 is 1. The van der Waals surface area contributed by atoms with E-state index < -0.39 is 0 Å². The second-order valence-corrected chi connectivity index (χ2v) is 4.13. The number of hydrazine groups is 1. The predicted molar refractivity (Wildman–Crippen MR) is 66.9 cm³/mol. The number of nitrogens with zero attached hydrogens (tertiary/aromatic N) is 4. The zero-order chi connectivity index (χ0) is 13.3. The van der Waals surface area contributed by atoms with E-state index in [1.54, 1.807) is 24.2 Å². The normalized spacial score (nSPS) is 12.7. The second kappa shape index (κ2) is 4.79. The molecule has 0 aliphatic rings. The molecule has 18 heavy (non-hydrogen) atoms. The molecule has 0 fully saturated rings. The van der Waals surface area contributed by atoms with E-state index in [9.17, 15) is 0 Å². The smallest absolute Gasteiger partial charge is 0.161 e. The number of rotatable bonds is 4. The van der Waals surface area contributed by atoms with Crippen LogP contribution in [0.4, 0.5) is 0 Å². The highest BCUT2D eigenvalue weighted by molar-refractivity contribution is 5.37. The van der Waals surface area contributed by atoms with E-state index in [1.807, 2.05) is 25.7 Å². The van der Waals surface area contributed by atoms with Crippen molar-refractivity contribution >= 4 is 0 Å². The monoisotopic (exact) mass is 250 g/mol. The Labute approximate surface area is 106 Å². The van der Waals surface area contributed by atoms with Crippen molar-refractivity contribution in [3.63, 3.8) is 0 Å². The first-order valence-corrected chi connectivity index (χ1v) is 5.60. The maximum atomic E-state index is 5.68. The average Bonchev–Trinajstić information content (AvgIpc) is 2.89. The van der Waals surface area contributed by atoms with E-state index in [1.165, 1.54) is 0 Å². The molecule has 0 saturated carbocycles. The van der Waals surface area contributed by atoms with Crippen molar-refractivity contribution < 1.29 is 4.74 Å². The van der Waals surface area contributed by atoms with Crippen LogP contribution in [-0.4, -0.2) is 26.7 Å². The third-order valence-corrected chi connectivity index (χ3v) is 3.19. The van der Waals surface area contributed by atoms with Gasteiger partial charge in [0.05, 0.1) is 25.5 Å². The Balaban J connectivity index is 2.51. The van der Waals surface area contributed by atoms with E-state index in [0.717, 1.165) is 17.0 Å². The maximum absolute atomic E-state index is 5.68. The highest BCUT2D eigenvalue weighted by atomic mass is 16.5. The van der Waals surface area contributed by atoms with Gasteiger partial charge in [0, 0.05) is 25.4 Å². The van der Waals surface area contributed by atoms with Crippen LogP contribution in [0, 0.1) is 6.92 Å². The number of aryl methyl sites for hydroxylation is 2. The summed E-state index contributed by atoms with van der Waals surface area (Å²) in [6, 6.07) is -0.207. The van der Waals surface area contributed by atoms with E-state index >= 15 is 0 Å². The summed E-state index contributed by atoms with van der Waals surface area (Å²) in [7, 11) is 5.37. The van der Waals surface area contributed by atoms with Crippen molar-refractivity contribution in [3.8, 4) is 5.75 Å². The summed E-state index contributed by atoms with van der Waals surface area (Å²) in [4.78, 5) is 0. The average molecular weight is 250 g/mol. The minimum Gasteiger partial charge on any atom is -0.493 e. The van der Waals surface area contributed by atoms with E-state index in [2.05, 4.69) is 15.6 Å². The summed E-state index contributed by atoms with van der Waals surface area (Å²) in [6.45, 7) is 2.00. The Morgan fingerprint density at radius 1 is 1.28 bits per heavy atom. The van der Waals surface area contributed by atoms with Crippen molar-refractivity contribution in [2.75, 3.05) is 7.11 Å². The van der Waals surface area contributed by atoms with Crippen molar-refractivity contribution in [1.82, 2.24) is 25.0 Å². The molecule has 2 aromatic heterocycles. The van der Waals surface area contributed by atoms with Crippen molar-refractivity contribution in [1.29, 1.82) is 0 Å². The zero-order valence-electron chi connectivity index (χ0n) is 11.0. The summed E-state index contributed by atoms with van der Waals surface area (Å²) in [5.41, 5.74) is 5.71. The molecule has 0 bridgehead atoms. The summed E-state index contributed by atoms with van der Waals surface area (Å²) < 4.78 is 8.86. The van der Waals surface area contributed by atoms with Gasteiger partial charge in [-0.25, -0.2) is 5.43 Å². The van der Waals surface area contributed by atoms with Crippen LogP contribution in [0.25, 0.3) is 0 Å². The molecule has 0 aliphatic heterocycles. The van der Waals surface area contributed by atoms with Crippen LogP contribution in [0.3, 0.4) is 0 Å². The third-order valence-electron chi connectivity index (χ3n) is 3.19. The van der Waals surface area contributed by atoms with Crippen LogP contribution in [0.15, 0.2) is 12.4 Å².